The van der Waals surface area contributed by atoms with Crippen LogP contribution in [0.3, 0.4) is 0 Å². The first kappa shape index (κ1) is 24.5. The van der Waals surface area contributed by atoms with Gasteiger partial charge in [-0.3, -0.25) is 23.9 Å². The van der Waals surface area contributed by atoms with Gasteiger partial charge in [0.1, 0.15) is 11.7 Å². The van der Waals surface area contributed by atoms with Crippen LogP contribution in [0.4, 0.5) is 0 Å². The number of aliphatic hydroxyl groups is 2. The van der Waals surface area contributed by atoms with Gasteiger partial charge in [0.25, 0.3) is 5.56 Å². The predicted molar refractivity (Wildman–Crippen MR) is 99.3 cm³/mol. The normalized spacial score (nSPS) is 26.0. The van der Waals surface area contributed by atoms with Crippen molar-refractivity contribution in [3.8, 4) is 0 Å². The maximum absolute atomic E-state index is 11.9. The van der Waals surface area contributed by atoms with Crippen molar-refractivity contribution in [2.24, 2.45) is 0 Å². The van der Waals surface area contributed by atoms with Crippen LogP contribution in [0.5, 0.6) is 0 Å². The van der Waals surface area contributed by atoms with Crippen LogP contribution in [-0.4, -0.2) is 87.3 Å². The van der Waals surface area contributed by atoms with Crippen molar-refractivity contribution in [3.05, 3.63) is 33.1 Å². The molecule has 0 spiro atoms. The monoisotopic (exact) mass is 417 g/mol. The van der Waals surface area contributed by atoms with E-state index in [9.17, 15) is 29.4 Å². The molecule has 12 heteroatoms. The van der Waals surface area contributed by atoms with Crippen molar-refractivity contribution in [2.45, 2.75) is 43.8 Å². The van der Waals surface area contributed by atoms with Gasteiger partial charge in [-0.2, -0.15) is 0 Å². The molecule has 1 aliphatic rings. The average molecular weight is 417 g/mol. The Balaban J connectivity index is 0.000000960. The zero-order valence-electron chi connectivity index (χ0n) is 16.7. The average Bonchev–Trinajstić information content (AvgIpc) is 2.83. The summed E-state index contributed by atoms with van der Waals surface area (Å²) in [6.45, 7) is 0.613. The van der Waals surface area contributed by atoms with Gasteiger partial charge in [0, 0.05) is 12.3 Å². The number of hydrogen-bond donors (Lipinski definition) is 4. The van der Waals surface area contributed by atoms with Gasteiger partial charge < -0.3 is 29.7 Å². The predicted octanol–water partition coefficient (Wildman–Crippen LogP) is -1.87. The largest absolute Gasteiger partial charge is 0.481 e. The highest BCUT2D eigenvalue weighted by Crippen LogP contribution is 2.39. The van der Waals surface area contributed by atoms with E-state index in [0.717, 1.165) is 16.8 Å². The number of aromatic nitrogens is 2. The van der Waals surface area contributed by atoms with E-state index in [0.29, 0.717) is 0 Å². The van der Waals surface area contributed by atoms with Gasteiger partial charge in [0.05, 0.1) is 19.4 Å². The molecule has 1 aliphatic heterocycles. The molecule has 0 unspecified atom stereocenters. The molecule has 0 amide bonds. The molecule has 12 nitrogen and oxygen atoms in total. The van der Waals surface area contributed by atoms with E-state index in [4.69, 9.17) is 14.6 Å². The summed E-state index contributed by atoms with van der Waals surface area (Å²) < 4.78 is 11.4. The Bertz CT molecular complexity index is 812. The van der Waals surface area contributed by atoms with Crippen molar-refractivity contribution in [1.82, 2.24) is 14.5 Å². The molecular formula is C17H27N3O9. The molecule has 164 valence electrons. The van der Waals surface area contributed by atoms with Crippen LogP contribution >= 0.6 is 0 Å². The van der Waals surface area contributed by atoms with E-state index in [2.05, 4.69) is 0 Å². The molecule has 1 fully saturated rings. The van der Waals surface area contributed by atoms with Crippen LogP contribution in [0, 0.1) is 0 Å². The van der Waals surface area contributed by atoms with E-state index in [-0.39, 0.29) is 0 Å². The highest BCUT2D eigenvalue weighted by molar-refractivity contribution is 5.76. The number of carboxylic acids is 1. The van der Waals surface area contributed by atoms with Gasteiger partial charge in [-0.1, -0.05) is 0 Å². The number of carbonyl (C=O) groups excluding carboxylic acids is 1. The summed E-state index contributed by atoms with van der Waals surface area (Å²) in [5.41, 5.74) is -3.42. The number of carboxylic acid groups (broad SMARTS) is 1. The SMILES string of the molecule is CN(C)C.C[C@@]1(O)[C@H](OC(=O)CCC(=O)O)[C@@H](CO)O[C@H]1n1ccc(=O)[nH]c1=O. The van der Waals surface area contributed by atoms with Crippen molar-refractivity contribution in [2.75, 3.05) is 27.7 Å². The summed E-state index contributed by atoms with van der Waals surface area (Å²) in [7, 11) is 6.00. The molecule has 29 heavy (non-hydrogen) atoms. The topological polar surface area (TPSA) is 171 Å². The smallest absolute Gasteiger partial charge is 0.330 e. The molecule has 1 aromatic rings. The molecule has 4 atom stereocenters. The van der Waals surface area contributed by atoms with Gasteiger partial charge in [-0.05, 0) is 28.1 Å². The van der Waals surface area contributed by atoms with E-state index in [1.54, 1.807) is 0 Å². The van der Waals surface area contributed by atoms with E-state index < -0.39 is 66.7 Å². The second kappa shape index (κ2) is 10.3. The Labute approximate surface area is 166 Å². The standard InChI is InChI=1S/C14H18N2O9.C3H9N/c1-14(23)11(25-10(21)3-2-9(19)20)7(6-17)24-12(14)16-5-4-8(18)15-13(16)22;1-4(2)3/h4-5,7,11-12,17,23H,2-3,6H2,1H3,(H,19,20)(H,15,18,22);1-3H3/t7-,11-,12-,14-;/m1./s1. The lowest BCUT2D eigenvalue weighted by atomic mass is 9.96. The maximum Gasteiger partial charge on any atom is 0.330 e. The number of esters is 1. The van der Waals surface area contributed by atoms with Gasteiger partial charge in [-0.15, -0.1) is 0 Å². The van der Waals surface area contributed by atoms with E-state index in [1.165, 1.54) is 6.92 Å². The van der Waals surface area contributed by atoms with Crippen LogP contribution < -0.4 is 11.2 Å². The first-order valence-electron chi connectivity index (χ1n) is 8.72. The molecular weight excluding hydrogens is 390 g/mol. The summed E-state index contributed by atoms with van der Waals surface area (Å²) in [6, 6.07) is 1.04. The number of rotatable bonds is 6. The fourth-order valence-electron chi connectivity index (χ4n) is 2.59. The molecule has 0 bridgehead atoms. The third-order valence-electron chi connectivity index (χ3n) is 3.80. The lowest BCUT2D eigenvalue weighted by Crippen LogP contribution is -2.49. The molecule has 4 N–H and O–H groups in total. The summed E-state index contributed by atoms with van der Waals surface area (Å²) in [5.74, 6) is -2.09. The Hall–Kier alpha value is -2.54. The third-order valence-corrected chi connectivity index (χ3v) is 3.80. The Kier molecular flexibility index (Phi) is 8.70. The summed E-state index contributed by atoms with van der Waals surface area (Å²) in [4.78, 5) is 49.3. The number of nitrogens with one attached hydrogen (secondary N) is 1. The number of H-pyrrole nitrogens is 1. The first-order valence-corrected chi connectivity index (χ1v) is 8.72. The second-order valence-corrected chi connectivity index (χ2v) is 7.10. The number of hydrogen-bond acceptors (Lipinski definition) is 9. The molecule has 2 heterocycles. The molecule has 0 aromatic carbocycles. The zero-order chi connectivity index (χ0) is 22.4. The molecule has 0 radical (unpaired) electrons. The number of aromatic amines is 1. The molecule has 0 aliphatic carbocycles. The number of nitrogens with zero attached hydrogens (tertiary/aromatic N) is 2. The zero-order valence-corrected chi connectivity index (χ0v) is 16.7. The third kappa shape index (κ3) is 6.78. The Morgan fingerprint density at radius 2 is 1.90 bits per heavy atom. The van der Waals surface area contributed by atoms with Gasteiger partial charge in [0.15, 0.2) is 12.3 Å². The number of carbonyl (C=O) groups is 2. The Morgan fingerprint density at radius 3 is 2.38 bits per heavy atom. The quantitative estimate of drug-likeness (QED) is 0.384. The van der Waals surface area contributed by atoms with Crippen molar-refractivity contribution in [1.29, 1.82) is 0 Å². The highest BCUT2D eigenvalue weighted by Gasteiger charge is 2.56. The summed E-state index contributed by atoms with van der Waals surface area (Å²) in [5, 5.41) is 28.7. The lowest BCUT2D eigenvalue weighted by Gasteiger charge is -2.29. The molecule has 0 saturated carbocycles. The van der Waals surface area contributed by atoms with Crippen molar-refractivity contribution < 1.29 is 34.4 Å². The fourth-order valence-corrected chi connectivity index (χ4v) is 2.59. The number of aliphatic hydroxyl groups excluding tert-OH is 1. The van der Waals surface area contributed by atoms with Crippen LogP contribution in [0.15, 0.2) is 21.9 Å². The number of ether oxygens (including phenoxy) is 2. The summed E-state index contributed by atoms with van der Waals surface area (Å²) >= 11 is 0. The fraction of sp³-hybridized carbons (Fsp3) is 0.647. The van der Waals surface area contributed by atoms with E-state index in [1.807, 2.05) is 31.0 Å². The lowest BCUT2D eigenvalue weighted by molar-refractivity contribution is -0.165. The number of aliphatic carboxylic acids is 1. The van der Waals surface area contributed by atoms with Crippen LogP contribution in [-0.2, 0) is 19.1 Å². The minimum atomic E-state index is -1.92. The van der Waals surface area contributed by atoms with Crippen molar-refractivity contribution in [3.63, 3.8) is 0 Å². The Morgan fingerprint density at radius 1 is 1.31 bits per heavy atom. The molecule has 1 saturated heterocycles. The summed E-state index contributed by atoms with van der Waals surface area (Å²) in [6.07, 6.45) is -3.62. The molecule has 1 aromatic heterocycles. The second-order valence-electron chi connectivity index (χ2n) is 7.10. The highest BCUT2D eigenvalue weighted by atomic mass is 16.6. The van der Waals surface area contributed by atoms with Crippen molar-refractivity contribution >= 4 is 11.9 Å². The molecule has 2 rings (SSSR count). The first-order chi connectivity index (χ1) is 13.4. The minimum absolute atomic E-state index is 0.427. The van der Waals surface area contributed by atoms with Gasteiger partial charge >= 0.3 is 17.6 Å². The van der Waals surface area contributed by atoms with E-state index >= 15 is 0 Å². The van der Waals surface area contributed by atoms with Crippen LogP contribution in [0.1, 0.15) is 26.0 Å². The minimum Gasteiger partial charge on any atom is -0.481 e. The van der Waals surface area contributed by atoms with Crippen LogP contribution in [0.25, 0.3) is 0 Å². The van der Waals surface area contributed by atoms with Gasteiger partial charge in [0.2, 0.25) is 0 Å². The maximum atomic E-state index is 11.9. The van der Waals surface area contributed by atoms with Crippen LogP contribution in [0.2, 0.25) is 0 Å². The van der Waals surface area contributed by atoms with Gasteiger partial charge in [-0.25, -0.2) is 4.79 Å².